The number of fused-ring (bicyclic) bond motifs is 1. The average Bonchev–Trinajstić information content (AvgIpc) is 3.40. The normalized spacial score (nSPS) is 16.2. The molecule has 1 fully saturated rings. The molecule has 4 rings (SSSR count). The molecule has 2 aromatic rings. The highest BCUT2D eigenvalue weighted by Gasteiger charge is 2.39. The number of amides is 2. The molecule has 1 aliphatic heterocycles. The predicted octanol–water partition coefficient (Wildman–Crippen LogP) is 2.34. The van der Waals surface area contributed by atoms with Gasteiger partial charge < -0.3 is 4.84 Å². The Labute approximate surface area is 143 Å². The number of aromatic nitrogens is 2. The molecule has 0 bridgehead atoms. The molecule has 126 valence electrons. The lowest BCUT2D eigenvalue weighted by atomic mass is 10.1. The summed E-state index contributed by atoms with van der Waals surface area (Å²) in [6.07, 6.45) is 2.11. The van der Waals surface area contributed by atoms with Crippen LogP contribution in [-0.4, -0.2) is 32.8 Å². The zero-order valence-corrected chi connectivity index (χ0v) is 13.8. The monoisotopic (exact) mass is 337 g/mol. The average molecular weight is 337 g/mol. The minimum absolute atomic E-state index is 0.181. The molecular weight excluding hydrogens is 322 g/mol. The van der Waals surface area contributed by atoms with Gasteiger partial charge in [-0.05, 0) is 38.8 Å². The minimum Gasteiger partial charge on any atom is -0.324 e. The smallest absolute Gasteiger partial charge is 0.324 e. The van der Waals surface area contributed by atoms with E-state index in [0.717, 1.165) is 18.7 Å². The highest BCUT2D eigenvalue weighted by molar-refractivity contribution is 6.21. The molecule has 7 nitrogen and oxygen atoms in total. The third-order valence-electron chi connectivity index (χ3n) is 4.37. The Balaban J connectivity index is 1.61. The van der Waals surface area contributed by atoms with Crippen LogP contribution in [0.3, 0.4) is 0 Å². The maximum atomic E-state index is 12.5. The number of rotatable bonds is 3. The van der Waals surface area contributed by atoms with Gasteiger partial charge >= 0.3 is 5.97 Å². The highest BCUT2D eigenvalue weighted by Crippen LogP contribution is 2.38. The number of carbonyl (C=O) groups is 3. The fourth-order valence-electron chi connectivity index (χ4n) is 2.94. The first-order chi connectivity index (χ1) is 12.0. The summed E-state index contributed by atoms with van der Waals surface area (Å²) in [5, 5.41) is 0.501. The van der Waals surface area contributed by atoms with Crippen LogP contribution in [0.1, 0.15) is 67.0 Å². The van der Waals surface area contributed by atoms with E-state index >= 15 is 0 Å². The number of carbonyl (C=O) groups excluding carboxylic acids is 3. The van der Waals surface area contributed by atoms with Crippen molar-refractivity contribution in [3.8, 4) is 0 Å². The van der Waals surface area contributed by atoms with E-state index in [-0.39, 0.29) is 16.7 Å². The van der Waals surface area contributed by atoms with E-state index in [0.29, 0.717) is 22.4 Å². The fraction of sp³-hybridized carbons (Fsp3) is 0.278. The second-order valence-electron chi connectivity index (χ2n) is 6.23. The van der Waals surface area contributed by atoms with E-state index in [9.17, 15) is 14.4 Å². The van der Waals surface area contributed by atoms with Gasteiger partial charge in [0.1, 0.15) is 11.4 Å². The molecule has 0 atom stereocenters. The summed E-state index contributed by atoms with van der Waals surface area (Å²) in [4.78, 5) is 51.0. The first-order valence-electron chi connectivity index (χ1n) is 8.02. The van der Waals surface area contributed by atoms with E-state index < -0.39 is 17.8 Å². The van der Waals surface area contributed by atoms with Crippen molar-refractivity contribution in [2.24, 2.45) is 0 Å². The summed E-state index contributed by atoms with van der Waals surface area (Å²) in [7, 11) is 0. The Kier molecular flexibility index (Phi) is 3.38. The van der Waals surface area contributed by atoms with Gasteiger partial charge in [0, 0.05) is 5.92 Å². The maximum Gasteiger partial charge on any atom is 0.367 e. The molecule has 2 amide bonds. The molecule has 1 saturated carbocycles. The third kappa shape index (κ3) is 2.48. The standard InChI is InChI=1S/C18H15N3O4/c1-9-14(10(2)20-15(19-9)11-7-8-11)18(24)25-21-16(22)12-5-3-4-6-13(12)17(21)23/h3-6,11H,7-8H2,1-2H3. The number of aryl methyl sites for hydroxylation is 2. The largest absolute Gasteiger partial charge is 0.367 e. The van der Waals surface area contributed by atoms with Crippen molar-refractivity contribution in [3.63, 3.8) is 0 Å². The maximum absolute atomic E-state index is 12.5. The van der Waals surface area contributed by atoms with Crippen molar-refractivity contribution in [2.45, 2.75) is 32.6 Å². The van der Waals surface area contributed by atoms with Crippen LogP contribution in [0.2, 0.25) is 0 Å². The van der Waals surface area contributed by atoms with Gasteiger partial charge in [-0.3, -0.25) is 9.59 Å². The van der Waals surface area contributed by atoms with Gasteiger partial charge in [-0.25, -0.2) is 14.8 Å². The van der Waals surface area contributed by atoms with Crippen LogP contribution in [0.4, 0.5) is 0 Å². The summed E-state index contributed by atoms with van der Waals surface area (Å²) in [5.41, 5.74) is 1.58. The number of hydrogen-bond donors (Lipinski definition) is 0. The molecule has 0 N–H and O–H groups in total. The highest BCUT2D eigenvalue weighted by atomic mass is 16.7. The number of nitrogens with zero attached hydrogens (tertiary/aromatic N) is 3. The van der Waals surface area contributed by atoms with Crippen LogP contribution in [-0.2, 0) is 4.84 Å². The zero-order chi connectivity index (χ0) is 17.7. The zero-order valence-electron chi connectivity index (χ0n) is 13.8. The van der Waals surface area contributed by atoms with Crippen LogP contribution < -0.4 is 0 Å². The predicted molar refractivity (Wildman–Crippen MR) is 85.8 cm³/mol. The topological polar surface area (TPSA) is 89.5 Å². The van der Waals surface area contributed by atoms with Crippen LogP contribution in [0.25, 0.3) is 0 Å². The molecule has 1 aromatic heterocycles. The molecular formula is C18H15N3O4. The molecule has 0 radical (unpaired) electrons. The summed E-state index contributed by atoms with van der Waals surface area (Å²) in [6, 6.07) is 6.34. The summed E-state index contributed by atoms with van der Waals surface area (Å²) in [5.74, 6) is -1.03. The van der Waals surface area contributed by atoms with Crippen molar-refractivity contribution in [3.05, 3.63) is 58.2 Å². The van der Waals surface area contributed by atoms with E-state index in [1.807, 2.05) is 0 Å². The molecule has 7 heteroatoms. The summed E-state index contributed by atoms with van der Waals surface area (Å²) in [6.45, 7) is 3.39. The lowest BCUT2D eigenvalue weighted by Crippen LogP contribution is -2.33. The van der Waals surface area contributed by atoms with E-state index in [1.165, 1.54) is 12.1 Å². The number of hydrogen-bond acceptors (Lipinski definition) is 6. The minimum atomic E-state index is -0.813. The van der Waals surface area contributed by atoms with Gasteiger partial charge in [0.25, 0.3) is 11.8 Å². The van der Waals surface area contributed by atoms with E-state index in [1.54, 1.807) is 26.0 Å². The molecule has 0 saturated heterocycles. The second kappa shape index (κ2) is 5.47. The molecule has 2 aliphatic rings. The van der Waals surface area contributed by atoms with Crippen molar-refractivity contribution in [2.75, 3.05) is 0 Å². The van der Waals surface area contributed by atoms with Gasteiger partial charge in [0.15, 0.2) is 0 Å². The van der Waals surface area contributed by atoms with E-state index in [2.05, 4.69) is 9.97 Å². The summed E-state index contributed by atoms with van der Waals surface area (Å²) < 4.78 is 0. The molecule has 0 spiro atoms. The third-order valence-corrected chi connectivity index (χ3v) is 4.37. The van der Waals surface area contributed by atoms with Crippen LogP contribution in [0, 0.1) is 13.8 Å². The van der Waals surface area contributed by atoms with Gasteiger partial charge in [0.05, 0.1) is 22.5 Å². The molecule has 0 unspecified atom stereocenters. The van der Waals surface area contributed by atoms with Crippen molar-refractivity contribution in [1.82, 2.24) is 15.0 Å². The molecule has 25 heavy (non-hydrogen) atoms. The Morgan fingerprint density at radius 2 is 1.56 bits per heavy atom. The molecule has 1 aliphatic carbocycles. The van der Waals surface area contributed by atoms with Gasteiger partial charge in [-0.2, -0.15) is 0 Å². The first kappa shape index (κ1) is 15.4. The fourth-order valence-corrected chi connectivity index (χ4v) is 2.94. The number of imide groups is 1. The molecule has 1 aromatic carbocycles. The SMILES string of the molecule is Cc1nc(C2CC2)nc(C)c1C(=O)ON1C(=O)c2ccccc2C1=O. The second-order valence-corrected chi connectivity index (χ2v) is 6.23. The van der Waals surface area contributed by atoms with Crippen molar-refractivity contribution < 1.29 is 19.2 Å². The van der Waals surface area contributed by atoms with Gasteiger partial charge in [-0.15, -0.1) is 0 Å². The van der Waals surface area contributed by atoms with Gasteiger partial charge in [0.2, 0.25) is 0 Å². The Bertz CT molecular complexity index is 876. The lowest BCUT2D eigenvalue weighted by molar-refractivity contribution is -0.0586. The van der Waals surface area contributed by atoms with Crippen molar-refractivity contribution >= 4 is 17.8 Å². The Morgan fingerprint density at radius 1 is 1.04 bits per heavy atom. The summed E-state index contributed by atoms with van der Waals surface area (Å²) >= 11 is 0. The number of hydroxylamine groups is 2. The lowest BCUT2D eigenvalue weighted by Gasteiger charge is -2.15. The number of benzene rings is 1. The van der Waals surface area contributed by atoms with Crippen molar-refractivity contribution in [1.29, 1.82) is 0 Å². The Hall–Kier alpha value is -3.09. The first-order valence-corrected chi connectivity index (χ1v) is 8.02. The Morgan fingerprint density at radius 3 is 2.04 bits per heavy atom. The van der Waals surface area contributed by atoms with Crippen LogP contribution in [0.5, 0.6) is 0 Å². The van der Waals surface area contributed by atoms with Gasteiger partial charge in [-0.1, -0.05) is 17.2 Å². The quantitative estimate of drug-likeness (QED) is 0.799. The van der Waals surface area contributed by atoms with E-state index in [4.69, 9.17) is 4.84 Å². The molecule has 2 heterocycles. The van der Waals surface area contributed by atoms with Crippen LogP contribution in [0.15, 0.2) is 24.3 Å². The van der Waals surface area contributed by atoms with Crippen LogP contribution >= 0.6 is 0 Å².